The molecular weight excluding hydrogens is 337 g/mol. The molecule has 1 aliphatic rings. The van der Waals surface area contributed by atoms with Crippen LogP contribution in [0.15, 0.2) is 30.3 Å². The van der Waals surface area contributed by atoms with Crippen LogP contribution in [0.5, 0.6) is 17.2 Å². The standard InChI is InChI=1S/C17H15ClFNO4/c1-9(10-3-4-14(22-2)13(19)6-10)20-17(21)11-5-12(18)16-15(7-11)23-8-24-16/h3-7,9H,8H2,1-2H3,(H,20,21). The minimum absolute atomic E-state index is 0.0711. The number of halogens is 2. The smallest absolute Gasteiger partial charge is 0.251 e. The van der Waals surface area contributed by atoms with Crippen molar-refractivity contribution in [2.75, 3.05) is 13.9 Å². The van der Waals surface area contributed by atoms with Crippen LogP contribution in [0.4, 0.5) is 4.39 Å². The minimum atomic E-state index is -0.484. The number of methoxy groups -OCH3 is 1. The van der Waals surface area contributed by atoms with Crippen molar-refractivity contribution in [2.24, 2.45) is 0 Å². The SMILES string of the molecule is COc1ccc(C(C)NC(=O)c2cc(Cl)c3c(c2)OCO3)cc1F. The molecule has 3 rings (SSSR count). The topological polar surface area (TPSA) is 56.8 Å². The summed E-state index contributed by atoms with van der Waals surface area (Å²) in [6, 6.07) is 7.21. The average Bonchev–Trinajstić information content (AvgIpc) is 3.03. The van der Waals surface area contributed by atoms with E-state index in [0.717, 1.165) is 0 Å². The summed E-state index contributed by atoms with van der Waals surface area (Å²) in [6.45, 7) is 1.83. The van der Waals surface area contributed by atoms with Crippen LogP contribution in [-0.2, 0) is 0 Å². The van der Waals surface area contributed by atoms with E-state index in [2.05, 4.69) is 5.32 Å². The normalized spacial score (nSPS) is 13.5. The molecule has 1 unspecified atom stereocenters. The van der Waals surface area contributed by atoms with E-state index in [1.807, 2.05) is 0 Å². The van der Waals surface area contributed by atoms with E-state index < -0.39 is 11.9 Å². The van der Waals surface area contributed by atoms with Crippen molar-refractivity contribution in [3.63, 3.8) is 0 Å². The van der Waals surface area contributed by atoms with Gasteiger partial charge < -0.3 is 19.5 Å². The molecule has 24 heavy (non-hydrogen) atoms. The van der Waals surface area contributed by atoms with Gasteiger partial charge in [-0.1, -0.05) is 17.7 Å². The van der Waals surface area contributed by atoms with E-state index in [-0.39, 0.29) is 18.4 Å². The zero-order chi connectivity index (χ0) is 17.3. The quantitative estimate of drug-likeness (QED) is 0.912. The van der Waals surface area contributed by atoms with Gasteiger partial charge in [-0.05, 0) is 36.8 Å². The summed E-state index contributed by atoms with van der Waals surface area (Å²) in [5.74, 6) is 0.176. The first kappa shape index (κ1) is 16.4. The third kappa shape index (κ3) is 3.10. The lowest BCUT2D eigenvalue weighted by Crippen LogP contribution is -2.26. The van der Waals surface area contributed by atoms with Crippen LogP contribution in [0.25, 0.3) is 0 Å². The monoisotopic (exact) mass is 351 g/mol. The second kappa shape index (κ2) is 6.57. The van der Waals surface area contributed by atoms with Crippen molar-refractivity contribution in [3.05, 3.63) is 52.3 Å². The molecule has 2 aromatic rings. The van der Waals surface area contributed by atoms with E-state index >= 15 is 0 Å². The molecule has 0 radical (unpaired) electrons. The Morgan fingerprint density at radius 2 is 2.12 bits per heavy atom. The highest BCUT2D eigenvalue weighted by Crippen LogP contribution is 2.39. The van der Waals surface area contributed by atoms with Crippen LogP contribution in [0.2, 0.25) is 5.02 Å². The molecule has 1 aliphatic heterocycles. The number of carbonyl (C=O) groups is 1. The molecule has 2 aromatic carbocycles. The van der Waals surface area contributed by atoms with Crippen molar-refractivity contribution in [1.82, 2.24) is 5.32 Å². The molecule has 0 saturated carbocycles. The molecule has 126 valence electrons. The summed E-state index contributed by atoms with van der Waals surface area (Å²) in [5, 5.41) is 3.10. The molecule has 1 N–H and O–H groups in total. The fourth-order valence-corrected chi connectivity index (χ4v) is 2.68. The molecule has 0 aliphatic carbocycles. The van der Waals surface area contributed by atoms with Gasteiger partial charge in [-0.15, -0.1) is 0 Å². The van der Waals surface area contributed by atoms with Crippen molar-refractivity contribution in [2.45, 2.75) is 13.0 Å². The Hall–Kier alpha value is -2.47. The van der Waals surface area contributed by atoms with Gasteiger partial charge in [-0.2, -0.15) is 0 Å². The lowest BCUT2D eigenvalue weighted by atomic mass is 10.1. The fourth-order valence-electron chi connectivity index (χ4n) is 2.41. The summed E-state index contributed by atoms with van der Waals surface area (Å²) in [5.41, 5.74) is 0.957. The van der Waals surface area contributed by atoms with Crippen LogP contribution in [-0.4, -0.2) is 19.8 Å². The van der Waals surface area contributed by atoms with E-state index in [4.69, 9.17) is 25.8 Å². The first-order valence-corrected chi connectivity index (χ1v) is 7.61. The first-order chi connectivity index (χ1) is 11.5. The van der Waals surface area contributed by atoms with Crippen LogP contribution >= 0.6 is 11.6 Å². The number of hydrogen-bond acceptors (Lipinski definition) is 4. The van der Waals surface area contributed by atoms with Crippen LogP contribution in [0.1, 0.15) is 28.9 Å². The maximum Gasteiger partial charge on any atom is 0.251 e. The summed E-state index contributed by atoms with van der Waals surface area (Å²) in [6.07, 6.45) is 0. The van der Waals surface area contributed by atoms with E-state index in [1.165, 1.54) is 25.3 Å². The van der Waals surface area contributed by atoms with Crippen LogP contribution in [0.3, 0.4) is 0 Å². The van der Waals surface area contributed by atoms with Gasteiger partial charge in [0, 0.05) is 5.56 Å². The summed E-state index contributed by atoms with van der Waals surface area (Å²) >= 11 is 6.08. The maximum absolute atomic E-state index is 13.8. The predicted molar refractivity (Wildman–Crippen MR) is 86.4 cm³/mol. The number of fused-ring (bicyclic) bond motifs is 1. The highest BCUT2D eigenvalue weighted by molar-refractivity contribution is 6.32. The Balaban J connectivity index is 1.77. The van der Waals surface area contributed by atoms with Gasteiger partial charge in [0.1, 0.15) is 0 Å². The van der Waals surface area contributed by atoms with Crippen molar-refractivity contribution < 1.29 is 23.4 Å². The highest BCUT2D eigenvalue weighted by Gasteiger charge is 2.21. The van der Waals surface area contributed by atoms with Gasteiger partial charge >= 0.3 is 0 Å². The molecule has 1 atom stereocenters. The second-order valence-electron chi connectivity index (χ2n) is 5.28. The number of hydrogen-bond donors (Lipinski definition) is 1. The number of amides is 1. The zero-order valence-corrected chi connectivity index (χ0v) is 13.8. The largest absolute Gasteiger partial charge is 0.494 e. The van der Waals surface area contributed by atoms with E-state index in [1.54, 1.807) is 19.1 Å². The molecular formula is C17H15ClFNO4. The fraction of sp³-hybridized carbons (Fsp3) is 0.235. The van der Waals surface area contributed by atoms with E-state index in [9.17, 15) is 9.18 Å². The molecule has 0 fully saturated rings. The van der Waals surface area contributed by atoms with Crippen LogP contribution in [0, 0.1) is 5.82 Å². The van der Waals surface area contributed by atoms with Gasteiger partial charge in [0.15, 0.2) is 23.1 Å². The lowest BCUT2D eigenvalue weighted by Gasteiger charge is -2.15. The molecule has 0 spiro atoms. The Labute approximate surface area is 143 Å². The van der Waals surface area contributed by atoms with Gasteiger partial charge in [0.05, 0.1) is 18.2 Å². The van der Waals surface area contributed by atoms with E-state index in [0.29, 0.717) is 27.6 Å². The third-order valence-electron chi connectivity index (χ3n) is 3.71. The minimum Gasteiger partial charge on any atom is -0.494 e. The predicted octanol–water partition coefficient (Wildman–Crippen LogP) is 3.71. The highest BCUT2D eigenvalue weighted by atomic mass is 35.5. The molecule has 0 saturated heterocycles. The Morgan fingerprint density at radius 3 is 2.83 bits per heavy atom. The van der Waals surface area contributed by atoms with Crippen molar-refractivity contribution >= 4 is 17.5 Å². The molecule has 7 heteroatoms. The summed E-state index contributed by atoms with van der Waals surface area (Å²) in [4.78, 5) is 12.4. The number of ether oxygens (including phenoxy) is 3. The molecule has 0 aromatic heterocycles. The second-order valence-corrected chi connectivity index (χ2v) is 5.69. The average molecular weight is 352 g/mol. The zero-order valence-electron chi connectivity index (χ0n) is 13.1. The molecule has 1 amide bonds. The van der Waals surface area contributed by atoms with Crippen molar-refractivity contribution in [1.29, 1.82) is 0 Å². The van der Waals surface area contributed by atoms with Crippen LogP contribution < -0.4 is 19.5 Å². The van der Waals surface area contributed by atoms with Gasteiger partial charge in [-0.3, -0.25) is 4.79 Å². The summed E-state index contributed by atoms with van der Waals surface area (Å²) < 4.78 is 29.1. The van der Waals surface area contributed by atoms with Gasteiger partial charge in [0.2, 0.25) is 6.79 Å². The Bertz CT molecular complexity index is 796. The molecule has 1 heterocycles. The van der Waals surface area contributed by atoms with Gasteiger partial charge in [0.25, 0.3) is 5.91 Å². The van der Waals surface area contributed by atoms with Gasteiger partial charge in [-0.25, -0.2) is 4.39 Å². The lowest BCUT2D eigenvalue weighted by molar-refractivity contribution is 0.0939. The summed E-state index contributed by atoms with van der Waals surface area (Å²) in [7, 11) is 1.40. The molecule has 5 nitrogen and oxygen atoms in total. The number of benzene rings is 2. The number of carbonyl (C=O) groups excluding carboxylic acids is 1. The maximum atomic E-state index is 13.8. The third-order valence-corrected chi connectivity index (χ3v) is 3.99. The number of nitrogens with one attached hydrogen (secondary N) is 1. The molecule has 0 bridgehead atoms. The number of rotatable bonds is 4. The Morgan fingerprint density at radius 1 is 1.33 bits per heavy atom. The Kier molecular flexibility index (Phi) is 4.49. The first-order valence-electron chi connectivity index (χ1n) is 7.23. The van der Waals surface area contributed by atoms with Crippen molar-refractivity contribution in [3.8, 4) is 17.2 Å².